The number of hydrogen-bond acceptors (Lipinski definition) is 6. The molecule has 25 heavy (non-hydrogen) atoms. The Balaban J connectivity index is 1.98. The second-order valence-electron chi connectivity index (χ2n) is 5.53. The Morgan fingerprint density at radius 1 is 1.32 bits per heavy atom. The number of pyridine rings is 1. The van der Waals surface area contributed by atoms with Gasteiger partial charge in [0.15, 0.2) is 11.0 Å². The van der Waals surface area contributed by atoms with E-state index in [1.165, 1.54) is 5.56 Å². The third-order valence-electron chi connectivity index (χ3n) is 3.80. The van der Waals surface area contributed by atoms with Gasteiger partial charge in [-0.05, 0) is 31.5 Å². The predicted octanol–water partition coefficient (Wildman–Crippen LogP) is 3.43. The van der Waals surface area contributed by atoms with E-state index in [0.29, 0.717) is 24.5 Å². The highest BCUT2D eigenvalue weighted by atomic mass is 32.2. The van der Waals surface area contributed by atoms with Gasteiger partial charge in [0.05, 0.1) is 18.5 Å². The van der Waals surface area contributed by atoms with Crippen LogP contribution in [-0.2, 0) is 16.1 Å². The number of imidazole rings is 1. The van der Waals surface area contributed by atoms with Crippen LogP contribution in [0.3, 0.4) is 0 Å². The quantitative estimate of drug-likeness (QED) is 0.681. The van der Waals surface area contributed by atoms with Gasteiger partial charge in [0, 0.05) is 17.6 Å². The van der Waals surface area contributed by atoms with Crippen molar-refractivity contribution < 1.29 is 9.53 Å². The molecule has 0 radical (unpaired) electrons. The van der Waals surface area contributed by atoms with Crippen LogP contribution in [-0.4, -0.2) is 27.1 Å². The summed E-state index contributed by atoms with van der Waals surface area (Å²) in [5.41, 5.74) is 8.67. The number of aryl methyl sites for hydroxylation is 2. The molecule has 7 heteroatoms. The summed E-state index contributed by atoms with van der Waals surface area (Å²) < 4.78 is 7.04. The molecule has 6 nitrogen and oxygen atoms in total. The first-order valence-electron chi connectivity index (χ1n) is 8.10. The molecule has 0 bridgehead atoms. The van der Waals surface area contributed by atoms with E-state index in [1.807, 2.05) is 22.8 Å². The van der Waals surface area contributed by atoms with Gasteiger partial charge in [-0.25, -0.2) is 9.97 Å². The second-order valence-corrected chi connectivity index (χ2v) is 6.54. The standard InChI is InChI=1S/C18H20N4O2S/c1-3-24-15(23)9-11-22-13-8-10-20-17(19)16(13)21-18(22)25-14-7-5-4-6-12(14)2/h4-8,10H,3,9,11H2,1-2H3,(H2,19,20). The molecule has 0 fully saturated rings. The Morgan fingerprint density at radius 2 is 2.12 bits per heavy atom. The number of carbonyl (C=O) groups is 1. The molecule has 3 rings (SSSR count). The van der Waals surface area contributed by atoms with Gasteiger partial charge in [-0.1, -0.05) is 30.0 Å². The summed E-state index contributed by atoms with van der Waals surface area (Å²) >= 11 is 1.56. The molecule has 0 atom stereocenters. The van der Waals surface area contributed by atoms with Crippen LogP contribution in [0.25, 0.3) is 11.0 Å². The fourth-order valence-electron chi connectivity index (χ4n) is 2.55. The zero-order chi connectivity index (χ0) is 17.8. The van der Waals surface area contributed by atoms with Crippen molar-refractivity contribution in [3.8, 4) is 0 Å². The van der Waals surface area contributed by atoms with Crippen molar-refractivity contribution in [2.75, 3.05) is 12.3 Å². The Morgan fingerprint density at radius 3 is 2.88 bits per heavy atom. The van der Waals surface area contributed by atoms with Crippen molar-refractivity contribution in [2.24, 2.45) is 0 Å². The number of nitrogens with zero attached hydrogens (tertiary/aromatic N) is 3. The lowest BCUT2D eigenvalue weighted by Crippen LogP contribution is -2.09. The minimum atomic E-state index is -0.224. The number of carbonyl (C=O) groups excluding carboxylic acids is 1. The number of fused-ring (bicyclic) bond motifs is 1. The second kappa shape index (κ2) is 7.57. The smallest absolute Gasteiger partial charge is 0.307 e. The lowest BCUT2D eigenvalue weighted by Gasteiger charge is -2.09. The van der Waals surface area contributed by atoms with Crippen LogP contribution in [0.2, 0.25) is 0 Å². The monoisotopic (exact) mass is 356 g/mol. The minimum absolute atomic E-state index is 0.224. The Labute approximate surface area is 150 Å². The molecule has 2 N–H and O–H groups in total. The van der Waals surface area contributed by atoms with E-state index in [4.69, 9.17) is 10.5 Å². The molecular formula is C18H20N4O2S. The van der Waals surface area contributed by atoms with Crippen molar-refractivity contribution in [1.82, 2.24) is 14.5 Å². The van der Waals surface area contributed by atoms with E-state index in [9.17, 15) is 4.79 Å². The molecule has 1 aromatic carbocycles. The number of ether oxygens (including phenoxy) is 1. The van der Waals surface area contributed by atoms with Gasteiger partial charge in [-0.2, -0.15) is 0 Å². The maximum Gasteiger partial charge on any atom is 0.307 e. The number of esters is 1. The van der Waals surface area contributed by atoms with Gasteiger partial charge in [0.25, 0.3) is 0 Å². The number of rotatable bonds is 6. The minimum Gasteiger partial charge on any atom is -0.466 e. The number of nitrogens with two attached hydrogens (primary N) is 1. The number of hydrogen-bond donors (Lipinski definition) is 1. The van der Waals surface area contributed by atoms with Crippen molar-refractivity contribution in [2.45, 2.75) is 36.9 Å². The lowest BCUT2D eigenvalue weighted by molar-refractivity contribution is -0.143. The zero-order valence-corrected chi connectivity index (χ0v) is 15.0. The van der Waals surface area contributed by atoms with Crippen LogP contribution in [0.15, 0.2) is 46.6 Å². The maximum absolute atomic E-state index is 11.8. The molecule has 0 aliphatic rings. The highest BCUT2D eigenvalue weighted by molar-refractivity contribution is 7.99. The Kier molecular flexibility index (Phi) is 5.23. The van der Waals surface area contributed by atoms with Crippen molar-refractivity contribution in [1.29, 1.82) is 0 Å². The topological polar surface area (TPSA) is 83.0 Å². The maximum atomic E-state index is 11.8. The van der Waals surface area contributed by atoms with Crippen molar-refractivity contribution >= 4 is 34.6 Å². The molecule has 2 aromatic heterocycles. The van der Waals surface area contributed by atoms with Crippen LogP contribution < -0.4 is 5.73 Å². The number of aromatic nitrogens is 3. The lowest BCUT2D eigenvalue weighted by atomic mass is 10.2. The summed E-state index contributed by atoms with van der Waals surface area (Å²) in [7, 11) is 0. The van der Waals surface area contributed by atoms with Gasteiger partial charge in [0.1, 0.15) is 5.52 Å². The van der Waals surface area contributed by atoms with Gasteiger partial charge >= 0.3 is 5.97 Å². The summed E-state index contributed by atoms with van der Waals surface area (Å²) in [6.07, 6.45) is 1.94. The number of anilines is 1. The van der Waals surface area contributed by atoms with Crippen molar-refractivity contribution in [3.63, 3.8) is 0 Å². The van der Waals surface area contributed by atoms with E-state index in [0.717, 1.165) is 15.6 Å². The summed E-state index contributed by atoms with van der Waals surface area (Å²) in [6, 6.07) is 9.98. The summed E-state index contributed by atoms with van der Waals surface area (Å²) in [6.45, 7) is 4.72. The normalized spacial score (nSPS) is 11.0. The van der Waals surface area contributed by atoms with E-state index in [-0.39, 0.29) is 12.4 Å². The van der Waals surface area contributed by atoms with E-state index in [1.54, 1.807) is 24.9 Å². The van der Waals surface area contributed by atoms with Crippen LogP contribution in [0.4, 0.5) is 5.82 Å². The molecule has 0 amide bonds. The molecule has 0 aliphatic heterocycles. The molecule has 0 spiro atoms. The van der Waals surface area contributed by atoms with Gasteiger partial charge in [0.2, 0.25) is 0 Å². The molecule has 3 aromatic rings. The third kappa shape index (κ3) is 3.76. The SMILES string of the molecule is CCOC(=O)CCn1c(Sc2ccccc2C)nc2c(N)nccc21. The fourth-order valence-corrected chi connectivity index (χ4v) is 3.56. The van der Waals surface area contributed by atoms with Gasteiger partial charge < -0.3 is 15.0 Å². The molecule has 0 saturated heterocycles. The van der Waals surface area contributed by atoms with E-state index in [2.05, 4.69) is 29.0 Å². The van der Waals surface area contributed by atoms with Gasteiger partial charge in [-0.3, -0.25) is 4.79 Å². The van der Waals surface area contributed by atoms with Gasteiger partial charge in [-0.15, -0.1) is 0 Å². The molecule has 130 valence electrons. The summed E-state index contributed by atoms with van der Waals surface area (Å²) in [4.78, 5) is 21.6. The number of nitrogen functional groups attached to an aromatic ring is 1. The van der Waals surface area contributed by atoms with Crippen LogP contribution in [0.5, 0.6) is 0 Å². The fraction of sp³-hybridized carbons (Fsp3) is 0.278. The average Bonchev–Trinajstić information content (AvgIpc) is 2.94. The average molecular weight is 356 g/mol. The van der Waals surface area contributed by atoms with E-state index >= 15 is 0 Å². The molecule has 2 heterocycles. The first kappa shape index (κ1) is 17.3. The molecule has 0 saturated carbocycles. The zero-order valence-electron chi connectivity index (χ0n) is 14.2. The highest BCUT2D eigenvalue weighted by Gasteiger charge is 2.16. The molecule has 0 unspecified atom stereocenters. The third-order valence-corrected chi connectivity index (χ3v) is 4.97. The largest absolute Gasteiger partial charge is 0.466 e. The first-order valence-corrected chi connectivity index (χ1v) is 8.91. The molecular weight excluding hydrogens is 336 g/mol. The Bertz CT molecular complexity index is 907. The van der Waals surface area contributed by atoms with E-state index < -0.39 is 0 Å². The summed E-state index contributed by atoms with van der Waals surface area (Å²) in [5.74, 6) is 0.164. The highest BCUT2D eigenvalue weighted by Crippen LogP contribution is 2.33. The van der Waals surface area contributed by atoms with Crippen LogP contribution in [0, 0.1) is 6.92 Å². The van der Waals surface area contributed by atoms with Crippen LogP contribution in [0.1, 0.15) is 18.9 Å². The molecule has 0 aliphatic carbocycles. The number of benzene rings is 1. The first-order chi connectivity index (χ1) is 12.1. The predicted molar refractivity (Wildman–Crippen MR) is 98.5 cm³/mol. The van der Waals surface area contributed by atoms with Crippen molar-refractivity contribution in [3.05, 3.63) is 42.1 Å². The van der Waals surface area contributed by atoms with Crippen LogP contribution >= 0.6 is 11.8 Å². The summed E-state index contributed by atoms with van der Waals surface area (Å²) in [5, 5.41) is 0.785. The Hall–Kier alpha value is -2.54.